The van der Waals surface area contributed by atoms with E-state index in [1.54, 1.807) is 6.26 Å². The largest absolute Gasteiger partial charge is 0.467 e. The second-order valence-corrected chi connectivity index (χ2v) is 5.68. The molecule has 0 aliphatic carbocycles. The molecule has 0 bridgehead atoms. The minimum Gasteiger partial charge on any atom is -0.467 e. The van der Waals surface area contributed by atoms with Gasteiger partial charge in [0.05, 0.1) is 24.7 Å². The van der Waals surface area contributed by atoms with E-state index in [-0.39, 0.29) is 0 Å². The van der Waals surface area contributed by atoms with Crippen LogP contribution in [0.15, 0.2) is 58.2 Å². The first-order valence-electron chi connectivity index (χ1n) is 7.69. The van der Waals surface area contributed by atoms with Crippen molar-refractivity contribution in [2.45, 2.75) is 27.3 Å². The molecule has 0 amide bonds. The van der Waals surface area contributed by atoms with E-state index in [4.69, 9.17) is 4.42 Å². The Morgan fingerprint density at radius 3 is 2.70 bits per heavy atom. The minimum atomic E-state index is 0.740. The third-order valence-electron chi connectivity index (χ3n) is 4.04. The Labute approximate surface area is 136 Å². The second-order valence-electron chi connectivity index (χ2n) is 5.68. The summed E-state index contributed by atoms with van der Waals surface area (Å²) < 4.78 is 7.67. The van der Waals surface area contributed by atoms with Crippen molar-refractivity contribution in [2.75, 3.05) is 5.43 Å². The molecule has 0 saturated heterocycles. The maximum atomic E-state index is 5.44. The lowest BCUT2D eigenvalue weighted by molar-refractivity contribution is 0.489. The Hall–Kier alpha value is -2.75. The smallest absolute Gasteiger partial charge is 0.123 e. The number of para-hydroxylation sites is 1. The molecule has 0 saturated carbocycles. The average Bonchev–Trinajstić information content (AvgIpc) is 3.14. The third-order valence-corrected chi connectivity index (χ3v) is 4.04. The summed E-state index contributed by atoms with van der Waals surface area (Å²) in [4.78, 5) is 0. The zero-order valence-electron chi connectivity index (χ0n) is 13.7. The number of nitrogens with one attached hydrogen (secondary N) is 1. The fourth-order valence-electron chi connectivity index (χ4n) is 2.63. The van der Waals surface area contributed by atoms with Gasteiger partial charge in [0.25, 0.3) is 0 Å². The normalized spacial score (nSPS) is 11.3. The average molecular weight is 307 g/mol. The molecular formula is C19H21N3O. The molecule has 0 aliphatic rings. The van der Waals surface area contributed by atoms with Crippen LogP contribution in [0, 0.1) is 20.8 Å². The maximum absolute atomic E-state index is 5.44. The third kappa shape index (κ3) is 3.37. The van der Waals surface area contributed by atoms with Gasteiger partial charge in [0.2, 0.25) is 0 Å². The van der Waals surface area contributed by atoms with Crippen LogP contribution < -0.4 is 5.43 Å². The Morgan fingerprint density at radius 1 is 1.13 bits per heavy atom. The summed E-state index contributed by atoms with van der Waals surface area (Å²) in [5.74, 6) is 0.952. The molecule has 23 heavy (non-hydrogen) atoms. The molecule has 0 radical (unpaired) electrons. The Kier molecular flexibility index (Phi) is 4.33. The summed E-state index contributed by atoms with van der Waals surface area (Å²) in [6.45, 7) is 7.00. The van der Waals surface area contributed by atoms with Gasteiger partial charge in [-0.3, -0.25) is 5.43 Å². The van der Waals surface area contributed by atoms with Crippen molar-refractivity contribution in [3.63, 3.8) is 0 Å². The first kappa shape index (κ1) is 15.2. The van der Waals surface area contributed by atoms with Crippen LogP contribution in [0.4, 0.5) is 5.69 Å². The van der Waals surface area contributed by atoms with Gasteiger partial charge >= 0.3 is 0 Å². The molecule has 3 rings (SSSR count). The van der Waals surface area contributed by atoms with Gasteiger partial charge in [-0.05, 0) is 50.6 Å². The molecule has 3 aromatic rings. The number of hydrazone groups is 1. The summed E-state index contributed by atoms with van der Waals surface area (Å²) >= 11 is 0. The molecule has 1 N–H and O–H groups in total. The van der Waals surface area contributed by atoms with Crippen molar-refractivity contribution in [3.05, 3.63) is 77.0 Å². The lowest BCUT2D eigenvalue weighted by Gasteiger charge is -2.07. The summed E-state index contributed by atoms with van der Waals surface area (Å²) in [6.07, 6.45) is 3.57. The van der Waals surface area contributed by atoms with Crippen LogP contribution in [0.2, 0.25) is 0 Å². The topological polar surface area (TPSA) is 42.5 Å². The molecule has 1 aromatic carbocycles. The van der Waals surface area contributed by atoms with E-state index in [2.05, 4.69) is 48.0 Å². The minimum absolute atomic E-state index is 0.740. The quantitative estimate of drug-likeness (QED) is 0.557. The van der Waals surface area contributed by atoms with Crippen LogP contribution in [0.1, 0.15) is 28.3 Å². The van der Waals surface area contributed by atoms with Crippen molar-refractivity contribution in [1.29, 1.82) is 0 Å². The van der Waals surface area contributed by atoms with Crippen molar-refractivity contribution in [2.24, 2.45) is 5.10 Å². The molecule has 2 aromatic heterocycles. The number of aromatic nitrogens is 1. The number of furan rings is 1. The zero-order valence-corrected chi connectivity index (χ0v) is 13.7. The van der Waals surface area contributed by atoms with Crippen LogP contribution in [0.25, 0.3) is 0 Å². The van der Waals surface area contributed by atoms with Gasteiger partial charge in [-0.15, -0.1) is 0 Å². The molecule has 0 spiro atoms. The van der Waals surface area contributed by atoms with Gasteiger partial charge < -0.3 is 8.98 Å². The van der Waals surface area contributed by atoms with Gasteiger partial charge in [-0.2, -0.15) is 5.10 Å². The fraction of sp³-hybridized carbons (Fsp3) is 0.211. The number of anilines is 1. The van der Waals surface area contributed by atoms with Crippen LogP contribution in [0.3, 0.4) is 0 Å². The molecule has 4 nitrogen and oxygen atoms in total. The highest BCUT2D eigenvalue weighted by atomic mass is 16.3. The molecule has 118 valence electrons. The lowest BCUT2D eigenvalue weighted by Crippen LogP contribution is -2.03. The first-order chi connectivity index (χ1) is 11.1. The van der Waals surface area contributed by atoms with Gasteiger partial charge in [-0.1, -0.05) is 18.2 Å². The summed E-state index contributed by atoms with van der Waals surface area (Å²) in [6, 6.07) is 14.2. The number of aryl methyl sites for hydroxylation is 2. The van der Waals surface area contributed by atoms with E-state index in [0.29, 0.717) is 0 Å². The highest BCUT2D eigenvalue weighted by Crippen LogP contribution is 2.17. The highest BCUT2D eigenvalue weighted by molar-refractivity contribution is 5.82. The maximum Gasteiger partial charge on any atom is 0.123 e. The molecule has 4 heteroatoms. The van der Waals surface area contributed by atoms with Crippen molar-refractivity contribution in [3.8, 4) is 0 Å². The van der Waals surface area contributed by atoms with Gasteiger partial charge in [0.15, 0.2) is 0 Å². The second kappa shape index (κ2) is 6.57. The summed E-state index contributed by atoms with van der Waals surface area (Å²) in [7, 11) is 0. The Morgan fingerprint density at radius 2 is 1.96 bits per heavy atom. The monoisotopic (exact) mass is 307 g/mol. The number of benzene rings is 1. The van der Waals surface area contributed by atoms with E-state index in [0.717, 1.165) is 23.6 Å². The molecule has 2 heterocycles. The first-order valence-corrected chi connectivity index (χ1v) is 7.69. The highest BCUT2D eigenvalue weighted by Gasteiger charge is 2.09. The predicted molar refractivity (Wildman–Crippen MR) is 94.1 cm³/mol. The van der Waals surface area contributed by atoms with Crippen LogP contribution in [-0.2, 0) is 6.54 Å². The van der Waals surface area contributed by atoms with E-state index in [1.807, 2.05) is 36.5 Å². The molecule has 0 aliphatic heterocycles. The van der Waals surface area contributed by atoms with Crippen molar-refractivity contribution >= 4 is 11.9 Å². The van der Waals surface area contributed by atoms with Crippen LogP contribution >= 0.6 is 0 Å². The SMILES string of the molecule is Cc1ccccc1N/N=C\c1cc(C)n(Cc2ccco2)c1C. The van der Waals surface area contributed by atoms with E-state index >= 15 is 0 Å². The Balaban J connectivity index is 1.76. The molecule has 0 fully saturated rings. The number of rotatable bonds is 5. The summed E-state index contributed by atoms with van der Waals surface area (Å²) in [5.41, 5.74) is 8.77. The standard InChI is InChI=1S/C19H21N3O/c1-14-7-4-5-9-19(14)21-20-12-17-11-15(2)22(16(17)3)13-18-8-6-10-23-18/h4-12,21H,13H2,1-3H3/b20-12-. The number of hydrogen-bond donors (Lipinski definition) is 1. The van der Waals surface area contributed by atoms with Gasteiger partial charge in [0.1, 0.15) is 5.76 Å². The van der Waals surface area contributed by atoms with E-state index in [9.17, 15) is 0 Å². The lowest BCUT2D eigenvalue weighted by atomic mass is 10.2. The molecular weight excluding hydrogens is 286 g/mol. The molecule has 0 atom stereocenters. The summed E-state index contributed by atoms with van der Waals surface area (Å²) in [5, 5.41) is 4.37. The zero-order chi connectivity index (χ0) is 16.2. The number of hydrogen-bond acceptors (Lipinski definition) is 3. The fourth-order valence-corrected chi connectivity index (χ4v) is 2.63. The van der Waals surface area contributed by atoms with Gasteiger partial charge in [-0.25, -0.2) is 0 Å². The van der Waals surface area contributed by atoms with Crippen molar-refractivity contribution < 1.29 is 4.42 Å². The van der Waals surface area contributed by atoms with E-state index < -0.39 is 0 Å². The predicted octanol–water partition coefficient (Wildman–Crippen LogP) is 4.50. The number of nitrogens with zero attached hydrogens (tertiary/aromatic N) is 2. The van der Waals surface area contributed by atoms with Gasteiger partial charge in [0, 0.05) is 17.0 Å². The Bertz CT molecular complexity index is 813. The van der Waals surface area contributed by atoms with Crippen molar-refractivity contribution in [1.82, 2.24) is 4.57 Å². The molecule has 0 unspecified atom stereocenters. The van der Waals surface area contributed by atoms with Crippen LogP contribution in [0.5, 0.6) is 0 Å². The van der Waals surface area contributed by atoms with E-state index in [1.165, 1.54) is 17.0 Å². The van der Waals surface area contributed by atoms with Crippen LogP contribution in [-0.4, -0.2) is 10.8 Å².